The summed E-state index contributed by atoms with van der Waals surface area (Å²) in [6, 6.07) is 8.13. The molecule has 4 heteroatoms. The number of hydrazone groups is 1. The molecule has 16 heavy (non-hydrogen) atoms. The number of nitrogens with zero attached hydrogens (tertiary/aromatic N) is 3. The van der Waals surface area contributed by atoms with Crippen LogP contribution < -0.4 is 0 Å². The SMILES string of the molecule is CN1CCN(/N=C\c2ccccc2Br)CC1. The molecule has 0 N–H and O–H groups in total. The van der Waals surface area contributed by atoms with Gasteiger partial charge in [-0.25, -0.2) is 0 Å². The van der Waals surface area contributed by atoms with Gasteiger partial charge in [0.15, 0.2) is 0 Å². The van der Waals surface area contributed by atoms with Crippen molar-refractivity contribution in [1.82, 2.24) is 9.91 Å². The van der Waals surface area contributed by atoms with Gasteiger partial charge in [-0.15, -0.1) is 0 Å². The Balaban J connectivity index is 1.97. The molecule has 2 rings (SSSR count). The molecule has 1 aliphatic rings. The molecule has 0 amide bonds. The van der Waals surface area contributed by atoms with Crippen LogP contribution in [0.15, 0.2) is 33.8 Å². The van der Waals surface area contributed by atoms with Crippen LogP contribution in [0, 0.1) is 0 Å². The van der Waals surface area contributed by atoms with Gasteiger partial charge in [0.25, 0.3) is 0 Å². The Hall–Kier alpha value is -0.870. The number of benzene rings is 1. The fourth-order valence-corrected chi connectivity index (χ4v) is 2.02. The minimum Gasteiger partial charge on any atom is -0.303 e. The highest BCUT2D eigenvalue weighted by Gasteiger charge is 2.10. The minimum atomic E-state index is 1.01. The van der Waals surface area contributed by atoms with Gasteiger partial charge in [-0.2, -0.15) is 5.10 Å². The average molecular weight is 282 g/mol. The van der Waals surface area contributed by atoms with Gasteiger partial charge in [0.1, 0.15) is 0 Å². The summed E-state index contributed by atoms with van der Waals surface area (Å²) in [5.74, 6) is 0. The van der Waals surface area contributed by atoms with Crippen molar-refractivity contribution < 1.29 is 0 Å². The lowest BCUT2D eigenvalue weighted by atomic mass is 10.2. The molecule has 0 radical (unpaired) electrons. The summed E-state index contributed by atoms with van der Waals surface area (Å²) in [4.78, 5) is 2.32. The normalized spacial score (nSPS) is 18.2. The fraction of sp³-hybridized carbons (Fsp3) is 0.417. The predicted molar refractivity (Wildman–Crippen MR) is 70.8 cm³/mol. The quantitative estimate of drug-likeness (QED) is 0.773. The third-order valence-electron chi connectivity index (χ3n) is 2.75. The van der Waals surface area contributed by atoms with Crippen molar-refractivity contribution in [3.8, 4) is 0 Å². The topological polar surface area (TPSA) is 18.8 Å². The number of rotatable bonds is 2. The molecule has 0 bridgehead atoms. The number of likely N-dealkylation sites (N-methyl/N-ethyl adjacent to an activating group) is 1. The minimum absolute atomic E-state index is 1.01. The van der Waals surface area contributed by atoms with Crippen molar-refractivity contribution in [2.45, 2.75) is 0 Å². The molecule has 0 aliphatic carbocycles. The van der Waals surface area contributed by atoms with Crippen molar-refractivity contribution in [2.75, 3.05) is 33.2 Å². The summed E-state index contributed by atoms with van der Waals surface area (Å²) >= 11 is 3.51. The second-order valence-electron chi connectivity index (χ2n) is 4.02. The highest BCUT2D eigenvalue weighted by molar-refractivity contribution is 9.10. The molecule has 3 nitrogen and oxygen atoms in total. The Morgan fingerprint density at radius 2 is 1.88 bits per heavy atom. The van der Waals surface area contributed by atoms with Gasteiger partial charge in [-0.3, -0.25) is 5.01 Å². The summed E-state index contributed by atoms with van der Waals surface area (Å²) in [5, 5.41) is 6.62. The molecule has 1 aromatic carbocycles. The van der Waals surface area contributed by atoms with E-state index in [0.717, 1.165) is 36.2 Å². The molecule has 1 saturated heterocycles. The number of hydrogen-bond acceptors (Lipinski definition) is 3. The molecule has 1 fully saturated rings. The third-order valence-corrected chi connectivity index (χ3v) is 3.47. The zero-order chi connectivity index (χ0) is 11.4. The zero-order valence-electron chi connectivity index (χ0n) is 9.43. The van der Waals surface area contributed by atoms with Crippen molar-refractivity contribution in [1.29, 1.82) is 0 Å². The molecule has 0 spiro atoms. The fourth-order valence-electron chi connectivity index (χ4n) is 1.64. The van der Waals surface area contributed by atoms with Gasteiger partial charge >= 0.3 is 0 Å². The van der Waals surface area contributed by atoms with Gasteiger partial charge < -0.3 is 4.90 Å². The van der Waals surface area contributed by atoms with Crippen molar-refractivity contribution in [2.24, 2.45) is 5.10 Å². The molecule has 0 saturated carbocycles. The van der Waals surface area contributed by atoms with Crippen LogP contribution in [0.25, 0.3) is 0 Å². The van der Waals surface area contributed by atoms with E-state index in [1.54, 1.807) is 0 Å². The zero-order valence-corrected chi connectivity index (χ0v) is 11.0. The van der Waals surface area contributed by atoms with Gasteiger partial charge in [0.2, 0.25) is 0 Å². The maximum Gasteiger partial charge on any atom is 0.0554 e. The van der Waals surface area contributed by atoms with Crippen molar-refractivity contribution in [3.05, 3.63) is 34.3 Å². The molecular weight excluding hydrogens is 266 g/mol. The highest BCUT2D eigenvalue weighted by atomic mass is 79.9. The lowest BCUT2D eigenvalue weighted by Gasteiger charge is -2.30. The summed E-state index contributed by atoms with van der Waals surface area (Å²) in [6.07, 6.45) is 1.93. The molecule has 1 heterocycles. The average Bonchev–Trinajstić information content (AvgIpc) is 2.30. The second kappa shape index (κ2) is 5.46. The van der Waals surface area contributed by atoms with Gasteiger partial charge in [0, 0.05) is 36.2 Å². The largest absolute Gasteiger partial charge is 0.303 e. The van der Waals surface area contributed by atoms with E-state index >= 15 is 0 Å². The van der Waals surface area contributed by atoms with E-state index in [1.165, 1.54) is 0 Å². The van der Waals surface area contributed by atoms with Crippen LogP contribution in [0.2, 0.25) is 0 Å². The molecule has 1 aliphatic heterocycles. The van der Waals surface area contributed by atoms with Crippen molar-refractivity contribution >= 4 is 22.1 Å². The molecule has 0 atom stereocenters. The summed E-state index contributed by atoms with van der Waals surface area (Å²) in [5.41, 5.74) is 1.13. The van der Waals surface area contributed by atoms with Crippen LogP contribution in [-0.2, 0) is 0 Å². The van der Waals surface area contributed by atoms with Crippen LogP contribution in [-0.4, -0.2) is 49.4 Å². The summed E-state index contributed by atoms with van der Waals surface area (Å²) in [7, 11) is 2.15. The van der Waals surface area contributed by atoms with Crippen LogP contribution in [0.5, 0.6) is 0 Å². The van der Waals surface area contributed by atoms with E-state index in [4.69, 9.17) is 0 Å². The van der Waals surface area contributed by atoms with E-state index in [0.29, 0.717) is 0 Å². The first kappa shape index (κ1) is 11.6. The van der Waals surface area contributed by atoms with E-state index in [1.807, 2.05) is 24.4 Å². The van der Waals surface area contributed by atoms with Crippen LogP contribution in [0.3, 0.4) is 0 Å². The first-order chi connectivity index (χ1) is 7.75. The molecular formula is C12H16BrN3. The Labute approximate surface area is 105 Å². The van der Waals surface area contributed by atoms with Gasteiger partial charge in [-0.1, -0.05) is 34.1 Å². The monoisotopic (exact) mass is 281 g/mol. The standard InChI is InChI=1S/C12H16BrN3/c1-15-6-8-16(9-7-15)14-10-11-4-2-3-5-12(11)13/h2-5,10H,6-9H2,1H3/b14-10-. The molecule has 1 aromatic rings. The lowest BCUT2D eigenvalue weighted by molar-refractivity contribution is 0.159. The van der Waals surface area contributed by atoms with Crippen molar-refractivity contribution in [3.63, 3.8) is 0 Å². The van der Waals surface area contributed by atoms with Gasteiger partial charge in [-0.05, 0) is 13.1 Å². The predicted octanol–water partition coefficient (Wildman–Crippen LogP) is 2.03. The van der Waals surface area contributed by atoms with E-state index < -0.39 is 0 Å². The highest BCUT2D eigenvalue weighted by Crippen LogP contribution is 2.13. The molecule has 86 valence electrons. The summed E-state index contributed by atoms with van der Waals surface area (Å²) < 4.78 is 1.09. The van der Waals surface area contributed by atoms with Crippen LogP contribution >= 0.6 is 15.9 Å². The smallest absolute Gasteiger partial charge is 0.0554 e. The first-order valence-electron chi connectivity index (χ1n) is 5.48. The summed E-state index contributed by atoms with van der Waals surface area (Å²) in [6.45, 7) is 4.20. The third kappa shape index (κ3) is 3.06. The maximum atomic E-state index is 4.50. The molecule has 0 aromatic heterocycles. The van der Waals surface area contributed by atoms with Gasteiger partial charge in [0.05, 0.1) is 6.21 Å². The van der Waals surface area contributed by atoms with E-state index in [9.17, 15) is 0 Å². The lowest BCUT2D eigenvalue weighted by Crippen LogP contribution is -2.41. The van der Waals surface area contributed by atoms with E-state index in [-0.39, 0.29) is 0 Å². The van der Waals surface area contributed by atoms with Crippen LogP contribution in [0.4, 0.5) is 0 Å². The number of hydrogen-bond donors (Lipinski definition) is 0. The maximum absolute atomic E-state index is 4.50. The Bertz CT molecular complexity index is 370. The Morgan fingerprint density at radius 3 is 2.56 bits per heavy atom. The van der Waals surface area contributed by atoms with E-state index in [2.05, 4.69) is 44.1 Å². The van der Waals surface area contributed by atoms with Crippen LogP contribution in [0.1, 0.15) is 5.56 Å². The Morgan fingerprint density at radius 1 is 1.19 bits per heavy atom. The number of piperazine rings is 1. The Kier molecular flexibility index (Phi) is 3.96. The second-order valence-corrected chi connectivity index (χ2v) is 4.88. The molecule has 0 unspecified atom stereocenters. The number of halogens is 1. The first-order valence-corrected chi connectivity index (χ1v) is 6.27.